The highest BCUT2D eigenvalue weighted by Crippen LogP contribution is 2.33. The highest BCUT2D eigenvalue weighted by Gasteiger charge is 2.20. The smallest absolute Gasteiger partial charge is 0.412 e. The number of nitrogens with one attached hydrogen (secondary N) is 2. The molecule has 0 saturated heterocycles. The molecule has 0 aliphatic carbocycles. The third kappa shape index (κ3) is 4.56. The molecule has 0 fully saturated rings. The van der Waals surface area contributed by atoms with E-state index >= 15 is 0 Å². The molecule has 0 bridgehead atoms. The molecule has 3 aromatic carbocycles. The molecule has 0 aliphatic heterocycles. The van der Waals surface area contributed by atoms with Crippen LogP contribution in [0.5, 0.6) is 0 Å². The van der Waals surface area contributed by atoms with Crippen LogP contribution >= 0.6 is 0 Å². The van der Waals surface area contributed by atoms with E-state index in [0.717, 1.165) is 33.3 Å². The number of carbonyl (C=O) groups excluding carboxylic acids is 1. The first-order chi connectivity index (χ1) is 17.4. The zero-order valence-corrected chi connectivity index (χ0v) is 19.6. The molecular weight excluding hydrogens is 458 g/mol. The lowest BCUT2D eigenvalue weighted by molar-refractivity contribution is 0.0697. The zero-order valence-electron chi connectivity index (χ0n) is 19.6. The van der Waals surface area contributed by atoms with Crippen LogP contribution in [-0.4, -0.2) is 27.3 Å². The lowest BCUT2D eigenvalue weighted by atomic mass is 10.1. The van der Waals surface area contributed by atoms with Gasteiger partial charge < -0.3 is 19.4 Å². The summed E-state index contributed by atoms with van der Waals surface area (Å²) in [6.45, 7) is 3.55. The Balaban J connectivity index is 1.35. The summed E-state index contributed by atoms with van der Waals surface area (Å²) in [5, 5.41) is 16.9. The van der Waals surface area contributed by atoms with Gasteiger partial charge in [0.15, 0.2) is 5.76 Å². The maximum atomic E-state index is 12.6. The number of aromatic nitrogens is 2. The number of amides is 1. The molecule has 2 heterocycles. The molecule has 1 unspecified atom stereocenters. The number of rotatable bonds is 6. The largest absolute Gasteiger partial charge is 0.478 e. The van der Waals surface area contributed by atoms with Gasteiger partial charge in [0.1, 0.15) is 17.5 Å². The summed E-state index contributed by atoms with van der Waals surface area (Å²) < 4.78 is 11.0. The second kappa shape index (κ2) is 9.42. The Bertz CT molecular complexity index is 1550. The van der Waals surface area contributed by atoms with Crippen molar-refractivity contribution in [2.24, 2.45) is 0 Å². The Morgan fingerprint density at radius 2 is 1.72 bits per heavy atom. The number of H-pyrrole nitrogens is 1. The molecular formula is C28H23N3O5. The Labute approximate surface area is 206 Å². The van der Waals surface area contributed by atoms with Gasteiger partial charge in [-0.1, -0.05) is 65.8 Å². The fraction of sp³-hybridized carbons (Fsp3) is 0.107. The minimum Gasteiger partial charge on any atom is -0.478 e. The number of carboxylic acid groups (broad SMARTS) is 1. The molecule has 0 radical (unpaired) electrons. The van der Waals surface area contributed by atoms with E-state index in [1.54, 1.807) is 25.1 Å². The van der Waals surface area contributed by atoms with E-state index in [-0.39, 0.29) is 5.56 Å². The standard InChI is InChI=1S/C28H23N3O5/c1-16-25(30-28(34)35-17(2)18-6-4-3-5-7-18)26(36-31-16)20-10-8-19(9-11-20)23-14-21-12-13-22(27(32)33)15-24(21)29-23/h3-15,17,29H,1-2H3,(H,30,34)(H,32,33). The SMILES string of the molecule is Cc1noc(-c2ccc(-c3cc4ccc(C(=O)O)cc4[nH]3)cc2)c1NC(=O)OC(C)c1ccccc1. The number of aromatic amines is 1. The molecule has 8 nitrogen and oxygen atoms in total. The van der Waals surface area contributed by atoms with Crippen LogP contribution in [0.25, 0.3) is 33.5 Å². The highest BCUT2D eigenvalue weighted by molar-refractivity contribution is 5.95. The molecule has 1 atom stereocenters. The van der Waals surface area contributed by atoms with E-state index in [0.29, 0.717) is 17.1 Å². The number of carbonyl (C=O) groups is 2. The van der Waals surface area contributed by atoms with Crippen LogP contribution < -0.4 is 5.32 Å². The molecule has 180 valence electrons. The number of ether oxygens (including phenoxy) is 1. The maximum absolute atomic E-state index is 12.6. The number of fused-ring (bicyclic) bond motifs is 1. The Morgan fingerprint density at radius 1 is 1.00 bits per heavy atom. The molecule has 1 amide bonds. The minimum atomic E-state index is -0.970. The summed E-state index contributed by atoms with van der Waals surface area (Å²) in [6, 6.07) is 24.0. The number of benzene rings is 3. The Morgan fingerprint density at radius 3 is 2.44 bits per heavy atom. The molecule has 3 N–H and O–H groups in total. The predicted molar refractivity (Wildman–Crippen MR) is 136 cm³/mol. The third-order valence-electron chi connectivity index (χ3n) is 5.97. The fourth-order valence-corrected chi connectivity index (χ4v) is 4.01. The minimum absolute atomic E-state index is 0.226. The molecule has 5 aromatic rings. The summed E-state index contributed by atoms with van der Waals surface area (Å²) in [5.74, 6) is -0.548. The molecule has 36 heavy (non-hydrogen) atoms. The van der Waals surface area contributed by atoms with Crippen molar-refractivity contribution in [3.63, 3.8) is 0 Å². The number of hydrogen-bond acceptors (Lipinski definition) is 5. The van der Waals surface area contributed by atoms with Crippen molar-refractivity contribution in [3.8, 4) is 22.6 Å². The van der Waals surface area contributed by atoms with Gasteiger partial charge in [-0.3, -0.25) is 5.32 Å². The van der Waals surface area contributed by atoms with Crippen molar-refractivity contribution in [2.75, 3.05) is 5.32 Å². The number of hydrogen-bond donors (Lipinski definition) is 3. The number of aromatic carboxylic acids is 1. The van der Waals surface area contributed by atoms with E-state index in [4.69, 9.17) is 9.26 Å². The average molecular weight is 482 g/mol. The molecule has 0 aliphatic rings. The summed E-state index contributed by atoms with van der Waals surface area (Å²) in [6.07, 6.45) is -1.02. The summed E-state index contributed by atoms with van der Waals surface area (Å²) >= 11 is 0. The normalized spacial score (nSPS) is 11.8. The van der Waals surface area contributed by atoms with Crippen LogP contribution in [-0.2, 0) is 4.74 Å². The first-order valence-electron chi connectivity index (χ1n) is 11.3. The van der Waals surface area contributed by atoms with Crippen molar-refractivity contribution in [2.45, 2.75) is 20.0 Å². The Kier molecular flexibility index (Phi) is 6.00. The van der Waals surface area contributed by atoms with Crippen LogP contribution in [0, 0.1) is 6.92 Å². The van der Waals surface area contributed by atoms with Gasteiger partial charge in [-0.2, -0.15) is 0 Å². The van der Waals surface area contributed by atoms with Crippen molar-refractivity contribution in [1.29, 1.82) is 0 Å². The predicted octanol–water partition coefficient (Wildman–Crippen LogP) is 6.81. The number of nitrogens with zero attached hydrogens (tertiary/aromatic N) is 1. The van der Waals surface area contributed by atoms with Crippen molar-refractivity contribution < 1.29 is 24.0 Å². The summed E-state index contributed by atoms with van der Waals surface area (Å²) in [4.78, 5) is 27.1. The first kappa shape index (κ1) is 22.9. The van der Waals surface area contributed by atoms with Crippen LogP contribution in [0.2, 0.25) is 0 Å². The highest BCUT2D eigenvalue weighted by atomic mass is 16.6. The lowest BCUT2D eigenvalue weighted by Gasteiger charge is -2.14. The van der Waals surface area contributed by atoms with Gasteiger partial charge in [0.05, 0.1) is 5.56 Å². The average Bonchev–Trinajstić information content (AvgIpc) is 3.47. The van der Waals surface area contributed by atoms with Crippen molar-refractivity contribution in [1.82, 2.24) is 10.1 Å². The summed E-state index contributed by atoms with van der Waals surface area (Å²) in [5.41, 5.74) is 5.33. The molecule has 2 aromatic heterocycles. The maximum Gasteiger partial charge on any atom is 0.412 e. The van der Waals surface area contributed by atoms with Gasteiger partial charge in [0.2, 0.25) is 0 Å². The van der Waals surface area contributed by atoms with E-state index in [1.807, 2.05) is 67.6 Å². The van der Waals surface area contributed by atoms with Crippen molar-refractivity contribution in [3.05, 3.63) is 95.7 Å². The quantitative estimate of drug-likeness (QED) is 0.245. The van der Waals surface area contributed by atoms with Gasteiger partial charge in [-0.05, 0) is 43.2 Å². The van der Waals surface area contributed by atoms with Crippen LogP contribution in [0.1, 0.15) is 34.6 Å². The van der Waals surface area contributed by atoms with E-state index < -0.39 is 18.2 Å². The van der Waals surface area contributed by atoms with Crippen LogP contribution in [0.3, 0.4) is 0 Å². The van der Waals surface area contributed by atoms with Gasteiger partial charge >= 0.3 is 12.1 Å². The number of carboxylic acids is 1. The first-order valence-corrected chi connectivity index (χ1v) is 11.3. The van der Waals surface area contributed by atoms with E-state index in [1.165, 1.54) is 0 Å². The lowest BCUT2D eigenvalue weighted by Crippen LogP contribution is -2.16. The van der Waals surface area contributed by atoms with Crippen molar-refractivity contribution >= 4 is 28.7 Å². The van der Waals surface area contributed by atoms with Crippen LogP contribution in [0.15, 0.2) is 83.4 Å². The van der Waals surface area contributed by atoms with Gasteiger partial charge in [-0.25, -0.2) is 9.59 Å². The number of anilines is 1. The topological polar surface area (TPSA) is 117 Å². The zero-order chi connectivity index (χ0) is 25.2. The number of aryl methyl sites for hydroxylation is 1. The monoisotopic (exact) mass is 481 g/mol. The van der Waals surface area contributed by atoms with Crippen LogP contribution in [0.4, 0.5) is 10.5 Å². The molecule has 5 rings (SSSR count). The van der Waals surface area contributed by atoms with Gasteiger partial charge in [0.25, 0.3) is 0 Å². The van der Waals surface area contributed by atoms with Gasteiger partial charge in [0, 0.05) is 22.2 Å². The second-order valence-electron chi connectivity index (χ2n) is 8.42. The fourth-order valence-electron chi connectivity index (χ4n) is 4.01. The molecule has 8 heteroatoms. The van der Waals surface area contributed by atoms with E-state index in [2.05, 4.69) is 15.5 Å². The second-order valence-corrected chi connectivity index (χ2v) is 8.42. The van der Waals surface area contributed by atoms with Gasteiger partial charge in [-0.15, -0.1) is 0 Å². The van der Waals surface area contributed by atoms with E-state index in [9.17, 15) is 14.7 Å². The summed E-state index contributed by atoms with van der Waals surface area (Å²) in [7, 11) is 0. The third-order valence-corrected chi connectivity index (χ3v) is 5.97. The Hall–Kier alpha value is -4.85. The molecule has 0 saturated carbocycles. The molecule has 0 spiro atoms.